The van der Waals surface area contributed by atoms with Crippen molar-refractivity contribution in [1.29, 1.82) is 5.26 Å². The standard InChI is InChI=1S/C7H6N2O/c8-6-9-10-7-4-2-1-3-5-7/h1-5,9H. The summed E-state index contributed by atoms with van der Waals surface area (Å²) in [7, 11) is 0. The van der Waals surface area contributed by atoms with E-state index >= 15 is 0 Å². The molecule has 0 amide bonds. The molecule has 0 atom stereocenters. The maximum atomic E-state index is 8.04. The Morgan fingerprint density at radius 2 is 2.00 bits per heavy atom. The van der Waals surface area contributed by atoms with Crippen LogP contribution in [0.1, 0.15) is 0 Å². The van der Waals surface area contributed by atoms with Gasteiger partial charge in [0, 0.05) is 0 Å². The van der Waals surface area contributed by atoms with Crippen LogP contribution in [0.25, 0.3) is 0 Å². The molecule has 0 radical (unpaired) electrons. The lowest BCUT2D eigenvalue weighted by atomic mass is 10.3. The van der Waals surface area contributed by atoms with Gasteiger partial charge in [0.2, 0.25) is 6.19 Å². The average Bonchev–Trinajstić information content (AvgIpc) is 2.03. The molecule has 0 aliphatic carbocycles. The van der Waals surface area contributed by atoms with Crippen molar-refractivity contribution in [3.8, 4) is 11.9 Å². The van der Waals surface area contributed by atoms with Gasteiger partial charge in [-0.2, -0.15) is 10.7 Å². The molecule has 1 aromatic rings. The number of para-hydroxylation sites is 1. The molecule has 0 spiro atoms. The van der Waals surface area contributed by atoms with E-state index < -0.39 is 0 Å². The van der Waals surface area contributed by atoms with Gasteiger partial charge >= 0.3 is 0 Å². The highest BCUT2D eigenvalue weighted by Gasteiger charge is 1.86. The largest absolute Gasteiger partial charge is 0.373 e. The summed E-state index contributed by atoms with van der Waals surface area (Å²) in [6.45, 7) is 0. The first-order chi connectivity index (χ1) is 4.93. The maximum absolute atomic E-state index is 8.04. The minimum Gasteiger partial charge on any atom is -0.373 e. The number of hydrogen-bond acceptors (Lipinski definition) is 3. The van der Waals surface area contributed by atoms with Gasteiger partial charge in [0.25, 0.3) is 0 Å². The number of nitriles is 1. The summed E-state index contributed by atoms with van der Waals surface area (Å²) >= 11 is 0. The molecule has 0 saturated carbocycles. The normalized spacial score (nSPS) is 7.90. The van der Waals surface area contributed by atoms with Crippen LogP contribution in [0.3, 0.4) is 0 Å². The molecule has 0 aliphatic rings. The Morgan fingerprint density at radius 1 is 1.30 bits per heavy atom. The van der Waals surface area contributed by atoms with Crippen LogP contribution in [-0.4, -0.2) is 0 Å². The van der Waals surface area contributed by atoms with Gasteiger partial charge in [-0.05, 0) is 12.1 Å². The third kappa shape index (κ3) is 1.67. The molecule has 3 nitrogen and oxygen atoms in total. The summed E-state index contributed by atoms with van der Waals surface area (Å²) in [5.74, 6) is 0.629. The van der Waals surface area contributed by atoms with Gasteiger partial charge in [-0.3, -0.25) is 0 Å². The summed E-state index contributed by atoms with van der Waals surface area (Å²) in [5, 5.41) is 8.04. The molecule has 3 heteroatoms. The van der Waals surface area contributed by atoms with Crippen LogP contribution < -0.4 is 10.3 Å². The van der Waals surface area contributed by atoms with Gasteiger partial charge in [-0.25, -0.2) is 0 Å². The van der Waals surface area contributed by atoms with Gasteiger partial charge in [-0.15, -0.1) is 0 Å². The topological polar surface area (TPSA) is 45.0 Å². The zero-order valence-electron chi connectivity index (χ0n) is 5.24. The Labute approximate surface area is 58.8 Å². The lowest BCUT2D eigenvalue weighted by Crippen LogP contribution is -2.09. The average molecular weight is 134 g/mol. The van der Waals surface area contributed by atoms with E-state index in [2.05, 4.69) is 5.48 Å². The Kier molecular flexibility index (Phi) is 2.16. The molecule has 0 unspecified atom stereocenters. The molecule has 10 heavy (non-hydrogen) atoms. The van der Waals surface area contributed by atoms with Crippen molar-refractivity contribution in [3.05, 3.63) is 30.3 Å². The Hall–Kier alpha value is -1.69. The predicted molar refractivity (Wildman–Crippen MR) is 35.8 cm³/mol. The second-order valence-electron chi connectivity index (χ2n) is 1.63. The fraction of sp³-hybridized carbons (Fsp3) is 0. The van der Waals surface area contributed by atoms with Crippen LogP contribution in [0.5, 0.6) is 5.75 Å². The highest BCUT2D eigenvalue weighted by atomic mass is 16.6. The lowest BCUT2D eigenvalue weighted by molar-refractivity contribution is 0.250. The smallest absolute Gasteiger partial charge is 0.212 e. The van der Waals surface area contributed by atoms with E-state index in [-0.39, 0.29) is 0 Å². The number of hydrogen-bond donors (Lipinski definition) is 1. The summed E-state index contributed by atoms with van der Waals surface area (Å²) in [5.41, 5.74) is 2.07. The lowest BCUT2D eigenvalue weighted by Gasteiger charge is -1.97. The molecule has 0 aliphatic heterocycles. The van der Waals surface area contributed by atoms with Crippen molar-refractivity contribution in [2.24, 2.45) is 0 Å². The van der Waals surface area contributed by atoms with E-state index in [1.807, 2.05) is 18.2 Å². The molecule has 1 aromatic carbocycles. The zero-order valence-corrected chi connectivity index (χ0v) is 5.24. The first kappa shape index (κ1) is 6.43. The van der Waals surface area contributed by atoms with Crippen LogP contribution in [0.4, 0.5) is 0 Å². The quantitative estimate of drug-likeness (QED) is 0.373. The van der Waals surface area contributed by atoms with Crippen molar-refractivity contribution in [3.63, 3.8) is 0 Å². The van der Waals surface area contributed by atoms with Crippen LogP contribution >= 0.6 is 0 Å². The fourth-order valence-electron chi connectivity index (χ4n) is 0.570. The Morgan fingerprint density at radius 3 is 2.60 bits per heavy atom. The molecule has 50 valence electrons. The van der Waals surface area contributed by atoms with Crippen LogP contribution in [0.2, 0.25) is 0 Å². The van der Waals surface area contributed by atoms with E-state index in [4.69, 9.17) is 10.1 Å². The van der Waals surface area contributed by atoms with E-state index in [0.717, 1.165) is 0 Å². The molecule has 1 N–H and O–H groups in total. The Bertz CT molecular complexity index is 227. The Balaban J connectivity index is 2.52. The van der Waals surface area contributed by atoms with Gasteiger partial charge in [0.05, 0.1) is 0 Å². The van der Waals surface area contributed by atoms with Crippen LogP contribution in [0, 0.1) is 11.5 Å². The minimum atomic E-state index is 0.629. The molecule has 0 aromatic heterocycles. The molecule has 0 saturated heterocycles. The van der Waals surface area contributed by atoms with Crippen molar-refractivity contribution < 1.29 is 4.84 Å². The molecule has 0 fully saturated rings. The second kappa shape index (κ2) is 3.36. The zero-order chi connectivity index (χ0) is 7.23. The second-order valence-corrected chi connectivity index (χ2v) is 1.63. The molecule has 0 bridgehead atoms. The van der Waals surface area contributed by atoms with E-state index in [1.165, 1.54) is 0 Å². The van der Waals surface area contributed by atoms with Gasteiger partial charge in [0.15, 0.2) is 5.75 Å². The first-order valence-corrected chi connectivity index (χ1v) is 2.79. The van der Waals surface area contributed by atoms with Crippen LogP contribution in [-0.2, 0) is 0 Å². The minimum absolute atomic E-state index is 0.629. The highest BCUT2D eigenvalue weighted by Crippen LogP contribution is 2.05. The highest BCUT2D eigenvalue weighted by molar-refractivity contribution is 5.20. The first-order valence-electron chi connectivity index (χ1n) is 2.79. The summed E-state index contributed by atoms with van der Waals surface area (Å²) < 4.78 is 0. The van der Waals surface area contributed by atoms with E-state index in [0.29, 0.717) is 5.75 Å². The van der Waals surface area contributed by atoms with Crippen molar-refractivity contribution >= 4 is 0 Å². The number of hydroxylamine groups is 1. The third-order valence-corrected chi connectivity index (χ3v) is 0.958. The van der Waals surface area contributed by atoms with Crippen molar-refractivity contribution in [1.82, 2.24) is 5.48 Å². The summed E-state index contributed by atoms with van der Waals surface area (Å²) in [4.78, 5) is 4.74. The van der Waals surface area contributed by atoms with Gasteiger partial charge < -0.3 is 4.84 Å². The molecule has 1 rings (SSSR count). The number of benzene rings is 1. The SMILES string of the molecule is N#CNOc1ccccc1. The van der Waals surface area contributed by atoms with E-state index in [1.54, 1.807) is 18.3 Å². The fourth-order valence-corrected chi connectivity index (χ4v) is 0.570. The number of nitrogens with zero attached hydrogens (tertiary/aromatic N) is 1. The molecule has 0 heterocycles. The number of nitrogens with one attached hydrogen (secondary N) is 1. The van der Waals surface area contributed by atoms with Crippen LogP contribution in [0.15, 0.2) is 30.3 Å². The summed E-state index contributed by atoms with van der Waals surface area (Å²) in [6, 6.07) is 9.04. The number of rotatable bonds is 2. The monoisotopic (exact) mass is 134 g/mol. The molecular formula is C7H6N2O. The van der Waals surface area contributed by atoms with Crippen molar-refractivity contribution in [2.45, 2.75) is 0 Å². The van der Waals surface area contributed by atoms with Gasteiger partial charge in [0.1, 0.15) is 0 Å². The van der Waals surface area contributed by atoms with Gasteiger partial charge in [-0.1, -0.05) is 18.2 Å². The van der Waals surface area contributed by atoms with Crippen molar-refractivity contribution in [2.75, 3.05) is 0 Å². The molecular weight excluding hydrogens is 128 g/mol. The predicted octanol–water partition coefficient (Wildman–Crippen LogP) is 1.05. The third-order valence-electron chi connectivity index (χ3n) is 0.958. The summed E-state index contributed by atoms with van der Waals surface area (Å²) in [6.07, 6.45) is 1.64. The van der Waals surface area contributed by atoms with E-state index in [9.17, 15) is 0 Å². The maximum Gasteiger partial charge on any atom is 0.212 e.